The van der Waals surface area contributed by atoms with Crippen LogP contribution >= 0.6 is 0 Å². The number of amides is 1. The molecule has 23 heavy (non-hydrogen) atoms. The van der Waals surface area contributed by atoms with Crippen LogP contribution < -0.4 is 0 Å². The van der Waals surface area contributed by atoms with Gasteiger partial charge in [0, 0.05) is 5.56 Å². The monoisotopic (exact) mass is 312 g/mol. The molecular weight excluding hydrogens is 288 g/mol. The molecule has 0 radical (unpaired) electrons. The van der Waals surface area contributed by atoms with E-state index in [0.717, 1.165) is 12.1 Å². The fraction of sp³-hybridized carbons (Fsp3) is 0.526. The van der Waals surface area contributed by atoms with E-state index in [1.807, 2.05) is 32.0 Å². The summed E-state index contributed by atoms with van der Waals surface area (Å²) in [5.41, 5.74) is 0.922. The Labute approximate surface area is 137 Å². The summed E-state index contributed by atoms with van der Waals surface area (Å²) in [5.74, 6) is 0.770. The second kappa shape index (κ2) is 5.91. The first-order valence-corrected chi connectivity index (χ1v) is 8.40. The van der Waals surface area contributed by atoms with Crippen molar-refractivity contribution in [2.75, 3.05) is 6.54 Å². The largest absolute Gasteiger partial charge is 0.292 e. The van der Waals surface area contributed by atoms with Crippen molar-refractivity contribution in [3.05, 3.63) is 35.9 Å². The van der Waals surface area contributed by atoms with Gasteiger partial charge in [-0.05, 0) is 32.1 Å². The Balaban J connectivity index is 1.79. The number of hydrogen-bond donors (Lipinski definition) is 0. The van der Waals surface area contributed by atoms with E-state index in [-0.39, 0.29) is 18.2 Å². The Hall–Kier alpha value is -1.97. The first kappa shape index (κ1) is 15.9. The lowest BCUT2D eigenvalue weighted by atomic mass is 9.69. The number of Topliss-reactive ketones (excluding diaryl/α,β-unsaturated/α-hetero) is 1. The van der Waals surface area contributed by atoms with Crippen molar-refractivity contribution < 1.29 is 9.59 Å². The summed E-state index contributed by atoms with van der Waals surface area (Å²) < 4.78 is 0. The van der Waals surface area contributed by atoms with E-state index >= 15 is 0 Å². The van der Waals surface area contributed by atoms with Gasteiger partial charge in [-0.1, -0.05) is 50.1 Å². The van der Waals surface area contributed by atoms with Crippen molar-refractivity contribution in [1.29, 1.82) is 0 Å². The zero-order chi connectivity index (χ0) is 16.6. The van der Waals surface area contributed by atoms with Gasteiger partial charge < -0.3 is 0 Å². The summed E-state index contributed by atoms with van der Waals surface area (Å²) in [6.07, 6.45) is 3.41. The topological polar surface area (TPSA) is 49.7 Å². The van der Waals surface area contributed by atoms with E-state index in [0.29, 0.717) is 17.4 Å². The van der Waals surface area contributed by atoms with Gasteiger partial charge in [0.25, 0.3) is 5.91 Å². The Kier molecular flexibility index (Phi) is 4.09. The number of nitrogens with zero attached hydrogens (tertiary/aromatic N) is 2. The standard InChI is InChI=1S/C19H24N2O2/c1-13-8-7-11-16(13)19(3)14(2)20-21(18(19)23)12-17(22)15-9-5-4-6-10-15/h4-6,9-10,13,16H,7-8,11-12H2,1-3H3. The molecule has 3 atom stereocenters. The molecule has 122 valence electrons. The molecule has 1 aliphatic heterocycles. The molecule has 2 aliphatic rings. The zero-order valence-electron chi connectivity index (χ0n) is 14.1. The van der Waals surface area contributed by atoms with Crippen molar-refractivity contribution >= 4 is 17.4 Å². The second-order valence-electron chi connectivity index (χ2n) is 7.05. The van der Waals surface area contributed by atoms with Gasteiger partial charge in [0.2, 0.25) is 0 Å². The molecule has 0 saturated heterocycles. The smallest absolute Gasteiger partial charge is 0.255 e. The third kappa shape index (κ3) is 2.60. The lowest BCUT2D eigenvalue weighted by molar-refractivity contribution is -0.137. The van der Waals surface area contributed by atoms with E-state index in [4.69, 9.17) is 0 Å². The van der Waals surface area contributed by atoms with Crippen LogP contribution in [0.3, 0.4) is 0 Å². The summed E-state index contributed by atoms with van der Waals surface area (Å²) in [6.45, 7) is 6.18. The van der Waals surface area contributed by atoms with Gasteiger partial charge >= 0.3 is 0 Å². The fourth-order valence-electron chi connectivity index (χ4n) is 4.14. The molecule has 0 N–H and O–H groups in total. The van der Waals surface area contributed by atoms with Gasteiger partial charge in [0.15, 0.2) is 5.78 Å². The van der Waals surface area contributed by atoms with Gasteiger partial charge in [0.05, 0.1) is 11.1 Å². The average Bonchev–Trinajstić information content (AvgIpc) is 3.07. The molecule has 1 aromatic carbocycles. The molecule has 3 rings (SSSR count). The molecule has 1 aliphatic carbocycles. The maximum absolute atomic E-state index is 13.0. The van der Waals surface area contributed by atoms with E-state index < -0.39 is 5.41 Å². The van der Waals surface area contributed by atoms with Crippen LogP contribution in [-0.2, 0) is 4.79 Å². The highest BCUT2D eigenvalue weighted by Crippen LogP contribution is 2.47. The Morgan fingerprint density at radius 3 is 2.61 bits per heavy atom. The van der Waals surface area contributed by atoms with Gasteiger partial charge in [0.1, 0.15) is 6.54 Å². The summed E-state index contributed by atoms with van der Waals surface area (Å²) in [5, 5.41) is 5.83. The SMILES string of the molecule is CC1=NN(CC(=O)c2ccccc2)C(=O)C1(C)C1CCCC1C. The van der Waals surface area contributed by atoms with Crippen molar-refractivity contribution in [3.63, 3.8) is 0 Å². The van der Waals surface area contributed by atoms with Crippen LogP contribution in [0.25, 0.3) is 0 Å². The number of rotatable bonds is 4. The number of ketones is 1. The van der Waals surface area contributed by atoms with Gasteiger partial charge in [-0.15, -0.1) is 0 Å². The van der Waals surface area contributed by atoms with E-state index in [2.05, 4.69) is 12.0 Å². The van der Waals surface area contributed by atoms with Crippen LogP contribution in [0.1, 0.15) is 50.4 Å². The quantitative estimate of drug-likeness (QED) is 0.799. The second-order valence-corrected chi connectivity index (χ2v) is 7.05. The van der Waals surface area contributed by atoms with Gasteiger partial charge in [-0.25, -0.2) is 5.01 Å². The summed E-state index contributed by atoms with van der Waals surface area (Å²) >= 11 is 0. The molecule has 1 heterocycles. The predicted octanol–water partition coefficient (Wildman–Crippen LogP) is 3.53. The summed E-state index contributed by atoms with van der Waals surface area (Å²) in [4.78, 5) is 25.4. The van der Waals surface area contributed by atoms with Crippen LogP contribution in [0.5, 0.6) is 0 Å². The summed E-state index contributed by atoms with van der Waals surface area (Å²) in [7, 11) is 0. The van der Waals surface area contributed by atoms with Crippen LogP contribution in [0.2, 0.25) is 0 Å². The number of carbonyl (C=O) groups excluding carboxylic acids is 2. The molecule has 0 aromatic heterocycles. The van der Waals surface area contributed by atoms with Crippen molar-refractivity contribution in [1.82, 2.24) is 5.01 Å². The maximum atomic E-state index is 13.0. The number of hydrazone groups is 1. The molecule has 1 amide bonds. The van der Waals surface area contributed by atoms with Crippen LogP contribution in [-0.4, -0.2) is 29.0 Å². The zero-order valence-corrected chi connectivity index (χ0v) is 14.1. The lowest BCUT2D eigenvalue weighted by Gasteiger charge is -2.33. The molecule has 1 aromatic rings. The minimum absolute atomic E-state index is 0.0157. The first-order chi connectivity index (χ1) is 10.9. The third-order valence-electron chi connectivity index (χ3n) is 5.69. The highest BCUT2D eigenvalue weighted by molar-refractivity contribution is 6.12. The minimum Gasteiger partial charge on any atom is -0.292 e. The molecule has 4 heteroatoms. The molecule has 0 spiro atoms. The minimum atomic E-state index is -0.549. The molecular formula is C19H24N2O2. The maximum Gasteiger partial charge on any atom is 0.255 e. The van der Waals surface area contributed by atoms with Gasteiger partial charge in [-0.3, -0.25) is 9.59 Å². The van der Waals surface area contributed by atoms with Crippen LogP contribution in [0.4, 0.5) is 0 Å². The molecule has 1 fully saturated rings. The number of benzene rings is 1. The highest BCUT2D eigenvalue weighted by atomic mass is 16.2. The Morgan fingerprint density at radius 2 is 2.00 bits per heavy atom. The molecule has 4 nitrogen and oxygen atoms in total. The third-order valence-corrected chi connectivity index (χ3v) is 5.69. The highest BCUT2D eigenvalue weighted by Gasteiger charge is 2.53. The fourth-order valence-corrected chi connectivity index (χ4v) is 4.14. The van der Waals surface area contributed by atoms with Crippen LogP contribution in [0.15, 0.2) is 35.4 Å². The molecule has 1 saturated carbocycles. The summed E-state index contributed by atoms with van der Waals surface area (Å²) in [6, 6.07) is 9.09. The van der Waals surface area contributed by atoms with Crippen LogP contribution in [0, 0.1) is 17.3 Å². The predicted molar refractivity (Wildman–Crippen MR) is 90.2 cm³/mol. The van der Waals surface area contributed by atoms with E-state index in [1.165, 1.54) is 17.9 Å². The van der Waals surface area contributed by atoms with Gasteiger partial charge in [-0.2, -0.15) is 5.10 Å². The van der Waals surface area contributed by atoms with Crippen molar-refractivity contribution in [2.24, 2.45) is 22.4 Å². The lowest BCUT2D eigenvalue weighted by Crippen LogP contribution is -2.44. The normalized spacial score (nSPS) is 30.7. The first-order valence-electron chi connectivity index (χ1n) is 8.40. The number of carbonyl (C=O) groups is 2. The molecule has 3 unspecified atom stereocenters. The van der Waals surface area contributed by atoms with Crippen molar-refractivity contribution in [3.8, 4) is 0 Å². The number of hydrogen-bond acceptors (Lipinski definition) is 3. The Morgan fingerprint density at radius 1 is 1.30 bits per heavy atom. The molecule has 0 bridgehead atoms. The van der Waals surface area contributed by atoms with Crippen molar-refractivity contribution in [2.45, 2.75) is 40.0 Å². The van der Waals surface area contributed by atoms with E-state index in [9.17, 15) is 9.59 Å². The Bertz CT molecular complexity index is 653. The van der Waals surface area contributed by atoms with E-state index in [1.54, 1.807) is 12.1 Å². The average molecular weight is 312 g/mol.